The van der Waals surface area contributed by atoms with Crippen LogP contribution < -0.4 is 5.48 Å². The highest BCUT2D eigenvalue weighted by Crippen LogP contribution is 2.31. The number of nitrogens with zero attached hydrogens (tertiary/aromatic N) is 1. The summed E-state index contributed by atoms with van der Waals surface area (Å²) >= 11 is 0. The Morgan fingerprint density at radius 1 is 1.06 bits per heavy atom. The molecular formula is C18H30N2O12. The number of rotatable bonds is 15. The van der Waals surface area contributed by atoms with E-state index in [0.717, 1.165) is 0 Å². The van der Waals surface area contributed by atoms with Gasteiger partial charge in [0.05, 0.1) is 13.2 Å². The number of esters is 2. The smallest absolute Gasteiger partial charge is 0.306 e. The molecule has 32 heavy (non-hydrogen) atoms. The Hall–Kier alpha value is -2.10. The van der Waals surface area contributed by atoms with E-state index >= 15 is 0 Å². The van der Waals surface area contributed by atoms with Crippen LogP contribution in [0.2, 0.25) is 0 Å². The Bertz CT molecular complexity index is 621. The molecule has 0 aromatic heterocycles. The van der Waals surface area contributed by atoms with E-state index in [4.69, 9.17) is 24.2 Å². The van der Waals surface area contributed by atoms with Crippen molar-refractivity contribution in [2.75, 3.05) is 13.2 Å². The first kappa shape index (κ1) is 26.2. The van der Waals surface area contributed by atoms with Crippen molar-refractivity contribution in [2.24, 2.45) is 0 Å². The van der Waals surface area contributed by atoms with Gasteiger partial charge in [0.1, 0.15) is 18.3 Å². The molecule has 6 atom stereocenters. The van der Waals surface area contributed by atoms with Crippen molar-refractivity contribution in [1.29, 1.82) is 0 Å². The highest BCUT2D eigenvalue weighted by molar-refractivity contribution is 5.70. The van der Waals surface area contributed by atoms with Gasteiger partial charge in [-0.2, -0.15) is 5.48 Å². The van der Waals surface area contributed by atoms with E-state index in [-0.39, 0.29) is 32.1 Å². The maximum Gasteiger partial charge on any atom is 0.306 e. The zero-order chi connectivity index (χ0) is 23.5. The molecule has 0 amide bonds. The van der Waals surface area contributed by atoms with Gasteiger partial charge in [-0.25, -0.2) is 5.26 Å². The highest BCUT2D eigenvalue weighted by Gasteiger charge is 2.51. The molecule has 14 heteroatoms. The number of fused-ring (bicyclic) bond motifs is 1. The van der Waals surface area contributed by atoms with Crippen molar-refractivity contribution in [2.45, 2.75) is 88.9 Å². The van der Waals surface area contributed by atoms with E-state index in [1.807, 2.05) is 0 Å². The number of carbonyl (C=O) groups excluding carboxylic acids is 2. The molecule has 0 aromatic rings. The Kier molecular flexibility index (Phi) is 11.0. The number of hydrogen-bond donors (Lipinski definition) is 2. The highest BCUT2D eigenvalue weighted by atomic mass is 17.5. The molecule has 0 unspecified atom stereocenters. The van der Waals surface area contributed by atoms with Crippen LogP contribution in [-0.4, -0.2) is 72.1 Å². The van der Waals surface area contributed by atoms with Crippen molar-refractivity contribution in [3.05, 3.63) is 10.1 Å². The summed E-state index contributed by atoms with van der Waals surface area (Å²) in [7, 11) is 0. The molecule has 0 spiro atoms. The summed E-state index contributed by atoms with van der Waals surface area (Å²) in [5.74, 6) is -0.865. The van der Waals surface area contributed by atoms with Crippen LogP contribution in [0.4, 0.5) is 0 Å². The predicted molar refractivity (Wildman–Crippen MR) is 102 cm³/mol. The van der Waals surface area contributed by atoms with Gasteiger partial charge in [-0.15, -0.1) is 15.1 Å². The molecular weight excluding hydrogens is 436 g/mol. The summed E-state index contributed by atoms with van der Waals surface area (Å²) in [6.45, 7) is 3.61. The van der Waals surface area contributed by atoms with Gasteiger partial charge in [0, 0.05) is 18.9 Å². The topological polar surface area (TPSA) is 174 Å². The van der Waals surface area contributed by atoms with Gasteiger partial charge in [-0.1, -0.05) is 5.04 Å². The van der Waals surface area contributed by atoms with Crippen LogP contribution >= 0.6 is 0 Å². The van der Waals surface area contributed by atoms with E-state index in [1.165, 1.54) is 0 Å². The van der Waals surface area contributed by atoms with Crippen LogP contribution in [0.25, 0.3) is 0 Å². The number of ether oxygens (including phenoxy) is 4. The summed E-state index contributed by atoms with van der Waals surface area (Å²) in [6, 6.07) is -0.147. The Morgan fingerprint density at radius 2 is 1.59 bits per heavy atom. The number of hydrogen-bond acceptors (Lipinski definition) is 13. The van der Waals surface area contributed by atoms with E-state index in [0.29, 0.717) is 25.7 Å². The summed E-state index contributed by atoms with van der Waals surface area (Å²) in [5.41, 5.74) is 2.42. The maximum atomic E-state index is 12.1. The summed E-state index contributed by atoms with van der Waals surface area (Å²) in [5, 5.41) is 20.9. The lowest BCUT2D eigenvalue weighted by Gasteiger charge is -2.17. The van der Waals surface area contributed by atoms with Gasteiger partial charge in [0.15, 0.2) is 12.2 Å². The Morgan fingerprint density at radius 3 is 2.09 bits per heavy atom. The van der Waals surface area contributed by atoms with E-state index in [1.54, 1.807) is 13.8 Å². The third kappa shape index (κ3) is 8.80. The molecule has 14 nitrogen and oxygen atoms in total. The van der Waals surface area contributed by atoms with Crippen molar-refractivity contribution in [1.82, 2.24) is 5.48 Å². The minimum atomic E-state index is -0.860. The largest absolute Gasteiger partial charge is 0.457 e. The number of nitrogens with one attached hydrogen (secondary N) is 1. The average molecular weight is 466 g/mol. The number of carbonyl (C=O) groups is 2. The molecule has 0 bridgehead atoms. The normalized spacial score (nSPS) is 26.2. The molecule has 0 saturated carbocycles. The summed E-state index contributed by atoms with van der Waals surface area (Å²) < 4.78 is 22.1. The quantitative estimate of drug-likeness (QED) is 0.151. The van der Waals surface area contributed by atoms with E-state index < -0.39 is 47.5 Å². The van der Waals surface area contributed by atoms with Crippen molar-refractivity contribution >= 4 is 11.9 Å². The van der Waals surface area contributed by atoms with Gasteiger partial charge in [0.2, 0.25) is 0 Å². The lowest BCUT2D eigenvalue weighted by atomic mass is 10.1. The molecule has 0 aliphatic carbocycles. The molecule has 2 heterocycles. The number of hydroxylamine groups is 1. The first-order valence-corrected chi connectivity index (χ1v) is 10.5. The minimum absolute atomic E-state index is 0.0838. The van der Waals surface area contributed by atoms with Crippen molar-refractivity contribution in [3.63, 3.8) is 0 Å². The van der Waals surface area contributed by atoms with Crippen LogP contribution in [0.1, 0.15) is 52.4 Å². The average Bonchev–Trinajstić information content (AvgIpc) is 3.29. The summed E-state index contributed by atoms with van der Waals surface area (Å²) in [4.78, 5) is 43.0. The van der Waals surface area contributed by atoms with Gasteiger partial charge >= 0.3 is 11.9 Å². The zero-order valence-electron chi connectivity index (χ0n) is 18.0. The van der Waals surface area contributed by atoms with Crippen LogP contribution in [0.3, 0.4) is 0 Å². The molecule has 2 rings (SSSR count). The lowest BCUT2D eigenvalue weighted by Crippen LogP contribution is -2.36. The second-order valence-corrected chi connectivity index (χ2v) is 7.75. The first-order valence-electron chi connectivity index (χ1n) is 10.5. The van der Waals surface area contributed by atoms with E-state index in [9.17, 15) is 19.7 Å². The minimum Gasteiger partial charge on any atom is -0.457 e. The molecule has 2 N–H and O–H groups in total. The molecule has 2 aliphatic heterocycles. The SMILES string of the molecule is C[C@@H](CCCC(=O)O[C@@H]1CO[C@H]2[C@@H]1OC[C@H]2OC(=O)CCC[C@H](C)O[N+](=O)[O-])NOOO. The van der Waals surface area contributed by atoms with Gasteiger partial charge < -0.3 is 23.8 Å². The standard InChI is InChI=1S/C18H30N2O12/c1-11(19-31-32-25)5-3-7-15(21)28-13-9-26-18-14(10-27-17(13)18)29-16(22)8-4-6-12(2)30-20(23)24/h11-14,17-19,25H,3-10H2,1-2H3/t11-,12-,13+,14+,17+,18+/m0/s1. The summed E-state index contributed by atoms with van der Waals surface area (Å²) in [6.07, 6.45) is -0.743. The third-order valence-corrected chi connectivity index (χ3v) is 5.09. The monoisotopic (exact) mass is 466 g/mol. The van der Waals surface area contributed by atoms with Crippen LogP contribution in [-0.2, 0) is 43.4 Å². The van der Waals surface area contributed by atoms with Gasteiger partial charge in [-0.3, -0.25) is 9.59 Å². The second kappa shape index (κ2) is 13.4. The van der Waals surface area contributed by atoms with Crippen LogP contribution in [0, 0.1) is 10.1 Å². The van der Waals surface area contributed by atoms with Crippen LogP contribution in [0.5, 0.6) is 0 Å². The lowest BCUT2D eigenvalue weighted by molar-refractivity contribution is -0.767. The maximum absolute atomic E-state index is 12.1. The molecule has 0 aromatic carbocycles. The molecule has 2 aliphatic rings. The van der Waals surface area contributed by atoms with E-state index in [2.05, 4.69) is 20.3 Å². The van der Waals surface area contributed by atoms with Crippen molar-refractivity contribution in [3.8, 4) is 0 Å². The fourth-order valence-electron chi connectivity index (χ4n) is 3.54. The third-order valence-electron chi connectivity index (χ3n) is 5.09. The predicted octanol–water partition coefficient (Wildman–Crippen LogP) is 0.859. The Labute approximate surface area is 184 Å². The first-order chi connectivity index (χ1) is 15.3. The van der Waals surface area contributed by atoms with Gasteiger partial charge in [-0.05, 0) is 39.5 Å². The molecule has 184 valence electrons. The fourth-order valence-corrected chi connectivity index (χ4v) is 3.54. The Balaban J connectivity index is 1.64. The van der Waals surface area contributed by atoms with Gasteiger partial charge in [0.25, 0.3) is 5.09 Å². The van der Waals surface area contributed by atoms with Crippen LogP contribution in [0.15, 0.2) is 0 Å². The molecule has 0 radical (unpaired) electrons. The second-order valence-electron chi connectivity index (χ2n) is 7.75. The fraction of sp³-hybridized carbons (Fsp3) is 0.889. The zero-order valence-corrected chi connectivity index (χ0v) is 18.0. The molecule has 2 saturated heterocycles. The van der Waals surface area contributed by atoms with Crippen molar-refractivity contribution < 1.29 is 53.7 Å². The molecule has 2 fully saturated rings.